The largest absolute Gasteiger partial charge is 0.411 e. The maximum Gasteiger partial charge on any atom is 0.411 e. The highest BCUT2D eigenvalue weighted by Gasteiger charge is 2.27. The summed E-state index contributed by atoms with van der Waals surface area (Å²) in [7, 11) is 0. The Kier molecular flexibility index (Phi) is 8.59. The highest BCUT2D eigenvalue weighted by atomic mass is 79.9. The standard InChI is InChI=1S/C10H17BrF3NO2/c1-8(5-11)3-2-4-15-9(16)6-17-7-10(12,13)14/h8H,2-7H2,1H3,(H,15,16). The highest BCUT2D eigenvalue weighted by Crippen LogP contribution is 2.14. The molecule has 3 nitrogen and oxygen atoms in total. The molecule has 0 saturated carbocycles. The van der Waals surface area contributed by atoms with Gasteiger partial charge in [-0.25, -0.2) is 0 Å². The van der Waals surface area contributed by atoms with Crippen LogP contribution in [-0.2, 0) is 9.53 Å². The van der Waals surface area contributed by atoms with Gasteiger partial charge in [0.25, 0.3) is 0 Å². The average molecular weight is 320 g/mol. The van der Waals surface area contributed by atoms with Gasteiger partial charge < -0.3 is 10.1 Å². The number of carbonyl (C=O) groups is 1. The molecular weight excluding hydrogens is 303 g/mol. The molecule has 0 bridgehead atoms. The van der Waals surface area contributed by atoms with Crippen LogP contribution in [0.5, 0.6) is 0 Å². The summed E-state index contributed by atoms with van der Waals surface area (Å²) in [6.07, 6.45) is -2.63. The predicted octanol–water partition coefficient (Wildman–Crippen LogP) is 2.49. The van der Waals surface area contributed by atoms with E-state index >= 15 is 0 Å². The third kappa shape index (κ3) is 12.0. The Labute approximate surface area is 107 Å². The Morgan fingerprint density at radius 3 is 2.65 bits per heavy atom. The molecule has 0 spiro atoms. The number of halogens is 4. The van der Waals surface area contributed by atoms with Crippen LogP contribution >= 0.6 is 15.9 Å². The summed E-state index contributed by atoms with van der Waals surface area (Å²) in [6.45, 7) is 0.600. The van der Waals surface area contributed by atoms with Crippen LogP contribution in [0.1, 0.15) is 19.8 Å². The zero-order valence-electron chi connectivity index (χ0n) is 9.65. The lowest BCUT2D eigenvalue weighted by atomic mass is 10.1. The lowest BCUT2D eigenvalue weighted by Gasteiger charge is -2.09. The molecule has 0 aliphatic rings. The summed E-state index contributed by atoms with van der Waals surface area (Å²) in [5.74, 6) is 0.00845. The van der Waals surface area contributed by atoms with Gasteiger partial charge in [-0.15, -0.1) is 0 Å². The number of nitrogens with one attached hydrogen (secondary N) is 1. The van der Waals surface area contributed by atoms with Crippen molar-refractivity contribution in [2.24, 2.45) is 5.92 Å². The van der Waals surface area contributed by atoms with Crippen LogP contribution in [-0.4, -0.2) is 37.2 Å². The molecule has 1 unspecified atom stereocenters. The van der Waals surface area contributed by atoms with Crippen molar-refractivity contribution in [2.75, 3.05) is 25.1 Å². The number of rotatable bonds is 8. The van der Waals surface area contributed by atoms with Gasteiger partial charge in [0.1, 0.15) is 13.2 Å². The fourth-order valence-corrected chi connectivity index (χ4v) is 1.39. The second-order valence-electron chi connectivity index (χ2n) is 3.86. The first-order valence-corrected chi connectivity index (χ1v) is 6.44. The van der Waals surface area contributed by atoms with E-state index in [0.717, 1.165) is 18.2 Å². The summed E-state index contributed by atoms with van der Waals surface area (Å²) in [5.41, 5.74) is 0. The van der Waals surface area contributed by atoms with E-state index in [9.17, 15) is 18.0 Å². The van der Waals surface area contributed by atoms with Crippen molar-refractivity contribution in [3.05, 3.63) is 0 Å². The van der Waals surface area contributed by atoms with Gasteiger partial charge in [-0.1, -0.05) is 22.9 Å². The lowest BCUT2D eigenvalue weighted by Crippen LogP contribution is -2.30. The molecule has 17 heavy (non-hydrogen) atoms. The van der Waals surface area contributed by atoms with Gasteiger partial charge in [0.15, 0.2) is 0 Å². The Bertz CT molecular complexity index is 224. The number of carbonyl (C=O) groups excluding carboxylic acids is 1. The molecule has 1 atom stereocenters. The molecular formula is C10H17BrF3NO2. The molecule has 0 aromatic rings. The minimum atomic E-state index is -4.38. The smallest absolute Gasteiger partial charge is 0.362 e. The van der Waals surface area contributed by atoms with Gasteiger partial charge in [-0.05, 0) is 18.8 Å². The first-order valence-electron chi connectivity index (χ1n) is 5.32. The molecule has 0 radical (unpaired) electrons. The van der Waals surface area contributed by atoms with Crippen LogP contribution in [0.15, 0.2) is 0 Å². The average Bonchev–Trinajstić information content (AvgIpc) is 2.22. The van der Waals surface area contributed by atoms with Gasteiger partial charge in [0.2, 0.25) is 5.91 Å². The zero-order chi connectivity index (χ0) is 13.3. The zero-order valence-corrected chi connectivity index (χ0v) is 11.2. The molecule has 0 rings (SSSR count). The van der Waals surface area contributed by atoms with Gasteiger partial charge in [-0.3, -0.25) is 4.79 Å². The van der Waals surface area contributed by atoms with Crippen molar-refractivity contribution in [3.8, 4) is 0 Å². The number of alkyl halides is 4. The fourth-order valence-electron chi connectivity index (χ4n) is 1.07. The first-order chi connectivity index (χ1) is 7.85. The van der Waals surface area contributed by atoms with E-state index in [2.05, 4.69) is 32.9 Å². The van der Waals surface area contributed by atoms with E-state index in [1.165, 1.54) is 0 Å². The predicted molar refractivity (Wildman–Crippen MR) is 62.1 cm³/mol. The van der Waals surface area contributed by atoms with E-state index in [-0.39, 0.29) is 0 Å². The van der Waals surface area contributed by atoms with Crippen LogP contribution in [0.25, 0.3) is 0 Å². The quantitative estimate of drug-likeness (QED) is 0.551. The summed E-state index contributed by atoms with van der Waals surface area (Å²) < 4.78 is 39.3. The maximum atomic E-state index is 11.7. The third-order valence-electron chi connectivity index (χ3n) is 1.96. The van der Waals surface area contributed by atoms with Crippen LogP contribution in [0.2, 0.25) is 0 Å². The van der Waals surface area contributed by atoms with Crippen molar-refractivity contribution in [3.63, 3.8) is 0 Å². The summed E-state index contributed by atoms with van der Waals surface area (Å²) in [5, 5.41) is 3.40. The molecule has 0 aliphatic carbocycles. The number of hydrogen-bond donors (Lipinski definition) is 1. The molecule has 0 aromatic heterocycles. The van der Waals surface area contributed by atoms with Crippen LogP contribution in [0.4, 0.5) is 13.2 Å². The molecule has 0 fully saturated rings. The van der Waals surface area contributed by atoms with E-state index < -0.39 is 25.3 Å². The summed E-state index contributed by atoms with van der Waals surface area (Å²) in [4.78, 5) is 11.0. The van der Waals surface area contributed by atoms with E-state index in [1.54, 1.807) is 0 Å². The molecule has 7 heteroatoms. The first kappa shape index (κ1) is 16.7. The highest BCUT2D eigenvalue weighted by molar-refractivity contribution is 9.09. The van der Waals surface area contributed by atoms with Crippen LogP contribution in [0.3, 0.4) is 0 Å². The van der Waals surface area contributed by atoms with Crippen molar-refractivity contribution in [1.82, 2.24) is 5.32 Å². The number of hydrogen-bond acceptors (Lipinski definition) is 2. The van der Waals surface area contributed by atoms with Crippen molar-refractivity contribution < 1.29 is 22.7 Å². The minimum Gasteiger partial charge on any atom is -0.362 e. The summed E-state index contributed by atoms with van der Waals surface area (Å²) >= 11 is 3.33. The normalized spacial score (nSPS) is 13.5. The SMILES string of the molecule is CC(CBr)CCCNC(=O)COCC(F)(F)F. The molecule has 102 valence electrons. The van der Waals surface area contributed by atoms with E-state index in [1.807, 2.05) is 0 Å². The molecule has 1 amide bonds. The molecule has 0 aliphatic heterocycles. The van der Waals surface area contributed by atoms with Gasteiger partial charge in [0.05, 0.1) is 0 Å². The second kappa shape index (κ2) is 8.74. The van der Waals surface area contributed by atoms with Crippen molar-refractivity contribution in [1.29, 1.82) is 0 Å². The van der Waals surface area contributed by atoms with Crippen LogP contribution in [0, 0.1) is 5.92 Å². The van der Waals surface area contributed by atoms with E-state index in [4.69, 9.17) is 0 Å². The van der Waals surface area contributed by atoms with Crippen molar-refractivity contribution in [2.45, 2.75) is 25.9 Å². The fraction of sp³-hybridized carbons (Fsp3) is 0.900. The van der Waals surface area contributed by atoms with Gasteiger partial charge >= 0.3 is 6.18 Å². The van der Waals surface area contributed by atoms with Crippen molar-refractivity contribution >= 4 is 21.8 Å². The number of ether oxygens (including phenoxy) is 1. The Morgan fingerprint density at radius 1 is 1.47 bits per heavy atom. The van der Waals surface area contributed by atoms with Gasteiger partial charge in [-0.2, -0.15) is 13.2 Å². The Balaban J connectivity index is 3.41. The molecule has 0 aromatic carbocycles. The minimum absolute atomic E-state index is 0.464. The van der Waals surface area contributed by atoms with Gasteiger partial charge in [0, 0.05) is 11.9 Å². The molecule has 1 N–H and O–H groups in total. The Hall–Kier alpha value is -0.300. The Morgan fingerprint density at radius 2 is 2.12 bits per heavy atom. The monoisotopic (exact) mass is 319 g/mol. The molecule has 0 heterocycles. The summed E-state index contributed by atoms with van der Waals surface area (Å²) in [6, 6.07) is 0. The second-order valence-corrected chi connectivity index (χ2v) is 4.51. The lowest BCUT2D eigenvalue weighted by molar-refractivity contribution is -0.175. The van der Waals surface area contributed by atoms with Crippen LogP contribution < -0.4 is 5.32 Å². The topological polar surface area (TPSA) is 38.3 Å². The number of amides is 1. The van der Waals surface area contributed by atoms with E-state index in [0.29, 0.717) is 12.5 Å². The maximum absolute atomic E-state index is 11.7. The molecule has 0 saturated heterocycles. The third-order valence-corrected chi connectivity index (χ3v) is 3.06.